The van der Waals surface area contributed by atoms with E-state index in [1.54, 1.807) is 0 Å². The van der Waals surface area contributed by atoms with Crippen LogP contribution in [-0.4, -0.2) is 64.8 Å². The molecule has 15 nitrogen and oxygen atoms in total. The summed E-state index contributed by atoms with van der Waals surface area (Å²) in [4.78, 5) is -2.14. The van der Waals surface area contributed by atoms with E-state index >= 15 is 0 Å². The van der Waals surface area contributed by atoms with Crippen molar-refractivity contribution >= 4 is 78.5 Å². The van der Waals surface area contributed by atoms with Gasteiger partial charge < -0.3 is 5.11 Å². The average molecular weight is 675 g/mol. The first kappa shape index (κ1) is 30.0. The highest BCUT2D eigenvalue weighted by Gasteiger charge is 2.24. The van der Waals surface area contributed by atoms with Crippen LogP contribution in [-0.2, 0) is 44.7 Å². The van der Waals surface area contributed by atoms with Crippen molar-refractivity contribution in [1.82, 2.24) is 0 Å². The van der Waals surface area contributed by atoms with Gasteiger partial charge in [0, 0.05) is 9.86 Å². The topological polar surface area (TPSA) is 251 Å². The summed E-state index contributed by atoms with van der Waals surface area (Å²) in [6, 6.07) is 6.79. The van der Waals surface area contributed by atoms with E-state index in [1.165, 1.54) is 0 Å². The molecule has 4 N–H and O–H groups in total. The molecule has 0 amide bonds. The molecule has 0 aliphatic rings. The SMILES string of the molecule is O=S(=O)(O)OCCS(=O)(=O)c1ccc(/N=N/c2c(O)ccc3cc(S(=O)(=O)O)cc(S(=O)(=O)O)c23)c(Br)c1. The molecule has 3 aromatic carbocycles. The Hall–Kier alpha value is -2.56. The lowest BCUT2D eigenvalue weighted by Gasteiger charge is -2.10. The molecule has 3 aromatic rings. The van der Waals surface area contributed by atoms with Crippen LogP contribution in [0.5, 0.6) is 5.75 Å². The van der Waals surface area contributed by atoms with Crippen LogP contribution in [0.25, 0.3) is 10.8 Å². The van der Waals surface area contributed by atoms with E-state index in [-0.39, 0.29) is 20.4 Å². The van der Waals surface area contributed by atoms with Crippen LogP contribution in [0.15, 0.2) is 71.9 Å². The highest BCUT2D eigenvalue weighted by molar-refractivity contribution is 9.10. The van der Waals surface area contributed by atoms with Crippen molar-refractivity contribution in [2.24, 2.45) is 10.2 Å². The third-order valence-corrected chi connectivity index (χ3v) is 9.19. The zero-order chi connectivity index (χ0) is 28.7. The van der Waals surface area contributed by atoms with Crippen LogP contribution >= 0.6 is 15.9 Å². The third-order valence-electron chi connectivity index (χ3n) is 4.70. The second kappa shape index (κ2) is 10.5. The van der Waals surface area contributed by atoms with Crippen LogP contribution in [0.2, 0.25) is 0 Å². The molecular weight excluding hydrogens is 660 g/mol. The van der Waals surface area contributed by atoms with E-state index in [2.05, 4.69) is 30.3 Å². The number of sulfone groups is 1. The molecule has 0 atom stereocenters. The first-order valence-electron chi connectivity index (χ1n) is 9.60. The molecule has 0 aliphatic carbocycles. The lowest BCUT2D eigenvalue weighted by molar-refractivity contribution is 0.284. The minimum absolute atomic E-state index is 0.0301. The van der Waals surface area contributed by atoms with Gasteiger partial charge in [0.25, 0.3) is 20.2 Å². The average Bonchev–Trinajstić information content (AvgIpc) is 2.76. The maximum atomic E-state index is 12.4. The summed E-state index contributed by atoms with van der Waals surface area (Å²) in [6.45, 7) is -0.851. The molecule has 0 unspecified atom stereocenters. The predicted molar refractivity (Wildman–Crippen MR) is 133 cm³/mol. The molecule has 0 saturated carbocycles. The number of hydrogen-bond donors (Lipinski definition) is 4. The zero-order valence-corrected chi connectivity index (χ0v) is 23.2. The fraction of sp³-hybridized carbons (Fsp3) is 0.111. The normalized spacial score (nSPS) is 13.4. The Kier molecular flexibility index (Phi) is 8.32. The van der Waals surface area contributed by atoms with Gasteiger partial charge in [0.05, 0.1) is 27.8 Å². The summed E-state index contributed by atoms with van der Waals surface area (Å²) in [6.07, 6.45) is 0. The Labute approximate surface area is 224 Å². The fourth-order valence-corrected chi connectivity index (χ4v) is 6.54. The van der Waals surface area contributed by atoms with Gasteiger partial charge in [-0.15, -0.1) is 10.2 Å². The molecular formula is C18H15BrN2O13S4. The smallest absolute Gasteiger partial charge is 0.397 e. The Bertz CT molecular complexity index is 1900. The minimum atomic E-state index is -5.11. The summed E-state index contributed by atoms with van der Waals surface area (Å²) in [5.74, 6) is -1.42. The van der Waals surface area contributed by atoms with Crippen molar-refractivity contribution < 1.29 is 56.6 Å². The number of nitrogens with zero attached hydrogens (tertiary/aromatic N) is 2. The van der Waals surface area contributed by atoms with Gasteiger partial charge in [0.1, 0.15) is 16.3 Å². The Morgan fingerprint density at radius 3 is 2.00 bits per heavy atom. The number of aromatic hydroxyl groups is 1. The Balaban J connectivity index is 2.08. The third kappa shape index (κ3) is 7.09. The number of phenolic OH excluding ortho intramolecular Hbond substituents is 1. The fourth-order valence-electron chi connectivity index (χ4n) is 3.06. The quantitative estimate of drug-likeness (QED) is 0.188. The molecule has 0 bridgehead atoms. The van der Waals surface area contributed by atoms with Crippen LogP contribution in [0, 0.1) is 0 Å². The standard InChI is InChI=1S/C18H15BrN2O13S4/c19-13-8-11(35(23,24)6-5-34-38(31,32)33)2-3-14(13)20-21-18-15(22)4-1-10-7-12(36(25,26)27)9-16(17(10)18)37(28,29)30/h1-4,7-9,22H,5-6H2,(H,25,26,27)(H,28,29,30)(H,31,32,33)/b21-20+. The van der Waals surface area contributed by atoms with Crippen molar-refractivity contribution in [3.8, 4) is 5.75 Å². The van der Waals surface area contributed by atoms with Gasteiger partial charge >= 0.3 is 10.4 Å². The molecule has 206 valence electrons. The first-order chi connectivity index (χ1) is 17.3. The van der Waals surface area contributed by atoms with Crippen LogP contribution in [0.1, 0.15) is 0 Å². The van der Waals surface area contributed by atoms with E-state index in [0.717, 1.165) is 36.4 Å². The number of azo groups is 1. The minimum Gasteiger partial charge on any atom is -0.506 e. The largest absolute Gasteiger partial charge is 0.506 e. The monoisotopic (exact) mass is 674 g/mol. The number of fused-ring (bicyclic) bond motifs is 1. The van der Waals surface area contributed by atoms with Gasteiger partial charge in [0.2, 0.25) is 0 Å². The first-order valence-corrected chi connectivity index (χ1v) is 16.3. The molecule has 0 aromatic heterocycles. The summed E-state index contributed by atoms with van der Waals surface area (Å²) in [7, 11) is -18.9. The van der Waals surface area contributed by atoms with Gasteiger partial charge in [-0.05, 0) is 57.7 Å². The van der Waals surface area contributed by atoms with Crippen molar-refractivity contribution in [2.75, 3.05) is 12.4 Å². The summed E-state index contributed by atoms with van der Waals surface area (Å²) in [5.41, 5.74) is -0.541. The zero-order valence-electron chi connectivity index (χ0n) is 18.3. The van der Waals surface area contributed by atoms with Gasteiger partial charge in [-0.1, -0.05) is 6.07 Å². The van der Waals surface area contributed by atoms with E-state index in [9.17, 15) is 47.9 Å². The molecule has 0 aliphatic heterocycles. The van der Waals surface area contributed by atoms with E-state index < -0.39 is 79.4 Å². The second-order valence-corrected chi connectivity index (χ2v) is 14.2. The number of rotatable bonds is 9. The molecule has 0 fully saturated rings. The summed E-state index contributed by atoms with van der Waals surface area (Å²) in [5, 5.41) is 17.3. The highest BCUT2D eigenvalue weighted by atomic mass is 79.9. The molecule has 0 spiro atoms. The maximum Gasteiger partial charge on any atom is 0.397 e. The van der Waals surface area contributed by atoms with Gasteiger partial charge in [0.15, 0.2) is 9.84 Å². The van der Waals surface area contributed by atoms with E-state index in [0.29, 0.717) is 6.07 Å². The molecule has 0 heterocycles. The van der Waals surface area contributed by atoms with Gasteiger partial charge in [-0.25, -0.2) is 12.6 Å². The van der Waals surface area contributed by atoms with Crippen LogP contribution in [0.4, 0.5) is 11.4 Å². The molecule has 0 radical (unpaired) electrons. The van der Waals surface area contributed by atoms with E-state index in [4.69, 9.17) is 4.55 Å². The van der Waals surface area contributed by atoms with E-state index in [1.807, 2.05) is 0 Å². The van der Waals surface area contributed by atoms with Crippen molar-refractivity contribution in [3.63, 3.8) is 0 Å². The van der Waals surface area contributed by atoms with Crippen LogP contribution in [0.3, 0.4) is 0 Å². The second-order valence-electron chi connectivity index (χ2n) is 7.28. The summed E-state index contributed by atoms with van der Waals surface area (Å²) >= 11 is 3.08. The lowest BCUT2D eigenvalue weighted by Crippen LogP contribution is -2.15. The van der Waals surface area contributed by atoms with Gasteiger partial charge in [-0.3, -0.25) is 13.7 Å². The number of benzene rings is 3. The predicted octanol–water partition coefficient (Wildman–Crippen LogP) is 2.81. The van der Waals surface area contributed by atoms with Crippen molar-refractivity contribution in [3.05, 3.63) is 46.9 Å². The molecule has 0 saturated heterocycles. The Morgan fingerprint density at radius 1 is 0.789 bits per heavy atom. The molecule has 3 rings (SSSR count). The maximum absolute atomic E-state index is 12.4. The van der Waals surface area contributed by atoms with Crippen molar-refractivity contribution in [2.45, 2.75) is 14.7 Å². The number of phenols is 1. The molecule has 20 heteroatoms. The number of halogens is 1. The lowest BCUT2D eigenvalue weighted by atomic mass is 10.1. The van der Waals surface area contributed by atoms with Gasteiger partial charge in [-0.2, -0.15) is 25.3 Å². The highest BCUT2D eigenvalue weighted by Crippen LogP contribution is 2.41. The molecule has 38 heavy (non-hydrogen) atoms. The Morgan fingerprint density at radius 2 is 1.45 bits per heavy atom. The summed E-state index contributed by atoms with van der Waals surface area (Å²) < 4.78 is 125. The van der Waals surface area contributed by atoms with Crippen LogP contribution < -0.4 is 0 Å². The number of hydrogen-bond acceptors (Lipinski definition) is 12. The van der Waals surface area contributed by atoms with Crippen molar-refractivity contribution in [1.29, 1.82) is 0 Å².